The van der Waals surface area contributed by atoms with Gasteiger partial charge in [0.15, 0.2) is 0 Å². The number of hydrogen-bond acceptors (Lipinski definition) is 3. The summed E-state index contributed by atoms with van der Waals surface area (Å²) in [6.45, 7) is 1.69. The van der Waals surface area contributed by atoms with E-state index >= 15 is 0 Å². The Hall–Kier alpha value is -2.56. The number of aryl methyl sites for hydroxylation is 1. The number of fused-ring (bicyclic) bond motifs is 1. The second-order valence-electron chi connectivity index (χ2n) is 4.69. The predicted molar refractivity (Wildman–Crippen MR) is 70.8 cm³/mol. The Morgan fingerprint density at radius 2 is 1.75 bits per heavy atom. The highest BCUT2D eigenvalue weighted by Gasteiger charge is 2.35. The van der Waals surface area contributed by atoms with Crippen LogP contribution >= 0.6 is 0 Å². The van der Waals surface area contributed by atoms with E-state index in [-0.39, 0.29) is 17.6 Å². The Balaban J connectivity index is 2.18. The van der Waals surface area contributed by atoms with Crippen molar-refractivity contribution < 1.29 is 14.0 Å². The summed E-state index contributed by atoms with van der Waals surface area (Å²) in [7, 11) is 1.45. The van der Waals surface area contributed by atoms with Crippen molar-refractivity contribution in [1.29, 1.82) is 0 Å². The van der Waals surface area contributed by atoms with Gasteiger partial charge in [0.05, 0.1) is 22.5 Å². The van der Waals surface area contributed by atoms with Crippen LogP contribution in [-0.4, -0.2) is 28.7 Å². The van der Waals surface area contributed by atoms with Crippen LogP contribution in [0.2, 0.25) is 0 Å². The first-order valence-corrected chi connectivity index (χ1v) is 6.09. The third kappa shape index (κ3) is 1.71. The van der Waals surface area contributed by atoms with Crippen molar-refractivity contribution in [2.75, 3.05) is 7.05 Å². The fourth-order valence-corrected chi connectivity index (χ4v) is 2.32. The average Bonchev–Trinajstić information content (AvgIpc) is 2.65. The number of aromatic nitrogens is 1. The molecule has 2 heterocycles. The number of amides is 2. The fourth-order valence-electron chi connectivity index (χ4n) is 2.32. The summed E-state index contributed by atoms with van der Waals surface area (Å²) in [5, 5.41) is 0. The van der Waals surface area contributed by atoms with Gasteiger partial charge in [-0.25, -0.2) is 4.39 Å². The normalized spacial score (nSPS) is 13.8. The standard InChI is InChI=1S/C15H11FN2O2/c1-8-13-11(14(19)18(2)15(13)20)7-12(17-8)9-3-5-10(16)6-4-9/h3-7H,1-2H3. The van der Waals surface area contributed by atoms with Gasteiger partial charge in [0.2, 0.25) is 0 Å². The molecule has 1 aromatic carbocycles. The molecule has 20 heavy (non-hydrogen) atoms. The van der Waals surface area contributed by atoms with E-state index in [2.05, 4.69) is 4.98 Å². The lowest BCUT2D eigenvalue weighted by molar-refractivity contribution is 0.0693. The minimum absolute atomic E-state index is 0.333. The van der Waals surface area contributed by atoms with E-state index in [1.807, 2.05) is 0 Å². The highest BCUT2D eigenvalue weighted by Crippen LogP contribution is 2.28. The molecule has 0 saturated heterocycles. The summed E-state index contributed by atoms with van der Waals surface area (Å²) in [4.78, 5) is 29.4. The van der Waals surface area contributed by atoms with Crippen LogP contribution in [0.4, 0.5) is 4.39 Å². The monoisotopic (exact) mass is 270 g/mol. The number of rotatable bonds is 1. The number of carbonyl (C=O) groups is 2. The molecule has 0 radical (unpaired) electrons. The van der Waals surface area contributed by atoms with Gasteiger partial charge >= 0.3 is 0 Å². The summed E-state index contributed by atoms with van der Waals surface area (Å²) in [6.07, 6.45) is 0. The van der Waals surface area contributed by atoms with E-state index in [1.54, 1.807) is 25.1 Å². The van der Waals surface area contributed by atoms with E-state index < -0.39 is 0 Å². The largest absolute Gasteiger partial charge is 0.277 e. The molecule has 0 unspecified atom stereocenters. The van der Waals surface area contributed by atoms with Gasteiger partial charge in [-0.3, -0.25) is 19.5 Å². The molecule has 4 nitrogen and oxygen atoms in total. The van der Waals surface area contributed by atoms with Crippen molar-refractivity contribution >= 4 is 11.8 Å². The van der Waals surface area contributed by atoms with Crippen LogP contribution in [0.25, 0.3) is 11.3 Å². The summed E-state index contributed by atoms with van der Waals surface area (Å²) in [5.74, 6) is -1.00. The SMILES string of the molecule is Cc1nc(-c2ccc(F)cc2)cc2c1C(=O)N(C)C2=O. The zero-order chi connectivity index (χ0) is 14.4. The first-order chi connectivity index (χ1) is 9.49. The quantitative estimate of drug-likeness (QED) is 0.748. The maximum atomic E-state index is 12.9. The smallest absolute Gasteiger partial charge is 0.263 e. The Morgan fingerprint density at radius 3 is 2.40 bits per heavy atom. The molecule has 1 aliphatic rings. The predicted octanol–water partition coefficient (Wildman–Crippen LogP) is 2.42. The molecule has 0 saturated carbocycles. The van der Waals surface area contributed by atoms with Gasteiger partial charge in [0.25, 0.3) is 11.8 Å². The average molecular weight is 270 g/mol. The molecule has 0 atom stereocenters. The van der Waals surface area contributed by atoms with E-state index in [0.717, 1.165) is 4.90 Å². The highest BCUT2D eigenvalue weighted by atomic mass is 19.1. The molecule has 3 rings (SSSR count). The first kappa shape index (κ1) is 12.5. The van der Waals surface area contributed by atoms with Gasteiger partial charge in [0.1, 0.15) is 5.82 Å². The third-order valence-corrected chi connectivity index (χ3v) is 3.39. The van der Waals surface area contributed by atoms with Crippen LogP contribution in [0.1, 0.15) is 26.4 Å². The van der Waals surface area contributed by atoms with Gasteiger partial charge in [-0.2, -0.15) is 0 Å². The molecule has 0 bridgehead atoms. The van der Waals surface area contributed by atoms with Gasteiger partial charge in [-0.1, -0.05) is 0 Å². The molecule has 2 amide bonds. The van der Waals surface area contributed by atoms with Crippen LogP contribution in [0, 0.1) is 12.7 Å². The van der Waals surface area contributed by atoms with Gasteiger partial charge in [-0.15, -0.1) is 0 Å². The van der Waals surface area contributed by atoms with Crippen LogP contribution in [0.5, 0.6) is 0 Å². The number of halogens is 1. The van der Waals surface area contributed by atoms with E-state index in [1.165, 1.54) is 19.2 Å². The Morgan fingerprint density at radius 1 is 1.10 bits per heavy atom. The Labute approximate surface area is 114 Å². The lowest BCUT2D eigenvalue weighted by Gasteiger charge is -2.05. The summed E-state index contributed by atoms with van der Waals surface area (Å²) in [6, 6.07) is 7.43. The van der Waals surface area contributed by atoms with Crippen molar-refractivity contribution in [1.82, 2.24) is 9.88 Å². The summed E-state index contributed by atoms with van der Waals surface area (Å²) in [5.41, 5.74) is 2.46. The maximum absolute atomic E-state index is 12.9. The highest BCUT2D eigenvalue weighted by molar-refractivity contribution is 6.21. The molecule has 0 fully saturated rings. The number of benzene rings is 1. The number of hydrogen-bond donors (Lipinski definition) is 0. The number of pyridine rings is 1. The van der Waals surface area contributed by atoms with E-state index in [4.69, 9.17) is 0 Å². The number of nitrogens with zero attached hydrogens (tertiary/aromatic N) is 2. The van der Waals surface area contributed by atoms with Crippen LogP contribution in [0.3, 0.4) is 0 Å². The molecule has 5 heteroatoms. The molecular weight excluding hydrogens is 259 g/mol. The van der Waals surface area contributed by atoms with Crippen LogP contribution < -0.4 is 0 Å². The number of carbonyl (C=O) groups excluding carboxylic acids is 2. The van der Waals surface area contributed by atoms with Crippen LogP contribution in [0.15, 0.2) is 30.3 Å². The van der Waals surface area contributed by atoms with Gasteiger partial charge < -0.3 is 0 Å². The second-order valence-corrected chi connectivity index (χ2v) is 4.69. The van der Waals surface area contributed by atoms with Gasteiger partial charge in [0, 0.05) is 12.6 Å². The zero-order valence-electron chi connectivity index (χ0n) is 11.0. The second kappa shape index (κ2) is 4.23. The minimum Gasteiger partial charge on any atom is -0.277 e. The molecular formula is C15H11FN2O2. The lowest BCUT2D eigenvalue weighted by atomic mass is 10.0. The van der Waals surface area contributed by atoms with Crippen molar-refractivity contribution in [2.45, 2.75) is 6.92 Å². The molecule has 0 N–H and O–H groups in total. The Kier molecular flexibility index (Phi) is 2.64. The van der Waals surface area contributed by atoms with Gasteiger partial charge in [-0.05, 0) is 37.3 Å². The molecule has 1 aliphatic heterocycles. The molecule has 2 aromatic rings. The summed E-state index contributed by atoms with van der Waals surface area (Å²) >= 11 is 0. The van der Waals surface area contributed by atoms with Crippen molar-refractivity contribution in [3.63, 3.8) is 0 Å². The molecule has 0 aliphatic carbocycles. The zero-order valence-corrected chi connectivity index (χ0v) is 11.0. The van der Waals surface area contributed by atoms with Crippen molar-refractivity contribution in [2.24, 2.45) is 0 Å². The molecule has 1 aromatic heterocycles. The topological polar surface area (TPSA) is 50.3 Å². The number of imide groups is 1. The Bertz CT molecular complexity index is 738. The first-order valence-electron chi connectivity index (χ1n) is 6.09. The van der Waals surface area contributed by atoms with Crippen molar-refractivity contribution in [3.05, 3.63) is 53.0 Å². The molecule has 100 valence electrons. The fraction of sp³-hybridized carbons (Fsp3) is 0.133. The minimum atomic E-state index is -0.336. The van der Waals surface area contributed by atoms with E-state index in [9.17, 15) is 14.0 Å². The maximum Gasteiger partial charge on any atom is 0.263 e. The van der Waals surface area contributed by atoms with Crippen LogP contribution in [-0.2, 0) is 0 Å². The van der Waals surface area contributed by atoms with E-state index in [0.29, 0.717) is 28.1 Å². The summed E-state index contributed by atoms with van der Waals surface area (Å²) < 4.78 is 12.9. The van der Waals surface area contributed by atoms with Crippen molar-refractivity contribution in [3.8, 4) is 11.3 Å². The molecule has 0 spiro atoms. The third-order valence-electron chi connectivity index (χ3n) is 3.39. The lowest BCUT2D eigenvalue weighted by Crippen LogP contribution is -2.24.